The number of benzene rings is 1. The van der Waals surface area contributed by atoms with E-state index in [0.29, 0.717) is 5.56 Å². The largest absolute Gasteiger partial charge is 0.507 e. The van der Waals surface area contributed by atoms with Crippen LogP contribution < -0.4 is 0 Å². The molecule has 1 aromatic carbocycles. The number of phenols is 1. The van der Waals surface area contributed by atoms with Crippen molar-refractivity contribution in [3.8, 4) is 11.8 Å². The van der Waals surface area contributed by atoms with E-state index < -0.39 is 0 Å². The second-order valence-corrected chi connectivity index (χ2v) is 4.97. The van der Waals surface area contributed by atoms with Crippen molar-refractivity contribution in [2.75, 3.05) is 0 Å². The zero-order valence-corrected chi connectivity index (χ0v) is 8.82. The van der Waals surface area contributed by atoms with E-state index in [1.54, 1.807) is 12.1 Å². The van der Waals surface area contributed by atoms with Gasteiger partial charge < -0.3 is 5.11 Å². The number of nitrogens with zero attached hydrogens (tertiary/aromatic N) is 1. The maximum absolute atomic E-state index is 9.39. The fraction of sp³-hybridized carbons (Fsp3) is 0. The molecule has 13 heavy (non-hydrogen) atoms. The molecule has 2 aromatic rings. The molecule has 4 heteroatoms. The van der Waals surface area contributed by atoms with Gasteiger partial charge in [-0.25, -0.2) is 0 Å². The van der Waals surface area contributed by atoms with Gasteiger partial charge in [0.25, 0.3) is 0 Å². The monoisotopic (exact) mass is 253 g/mol. The Balaban J connectivity index is 2.93. The molecule has 0 aliphatic rings. The van der Waals surface area contributed by atoms with Gasteiger partial charge in [-0.2, -0.15) is 5.26 Å². The summed E-state index contributed by atoms with van der Waals surface area (Å²) in [6, 6.07) is 7.26. The zero-order valence-electron chi connectivity index (χ0n) is 6.41. The smallest absolute Gasteiger partial charge is 0.134 e. The van der Waals surface area contributed by atoms with Gasteiger partial charge in [-0.15, -0.1) is 11.3 Å². The first-order valence-electron chi connectivity index (χ1n) is 3.53. The Morgan fingerprint density at radius 2 is 2.23 bits per heavy atom. The molecule has 0 saturated heterocycles. The Morgan fingerprint density at radius 3 is 2.92 bits per heavy atom. The second-order valence-electron chi connectivity index (χ2n) is 2.54. The summed E-state index contributed by atoms with van der Waals surface area (Å²) >= 11 is 4.79. The summed E-state index contributed by atoms with van der Waals surface area (Å²) in [7, 11) is 0. The maximum atomic E-state index is 9.39. The number of phenolic OH excluding ortho intramolecular Hbond substituents is 1. The van der Waals surface area contributed by atoms with E-state index in [1.807, 2.05) is 12.1 Å². The fourth-order valence-electron chi connectivity index (χ4n) is 1.17. The minimum atomic E-state index is 0.0457. The number of rotatable bonds is 0. The first-order valence-corrected chi connectivity index (χ1v) is 5.14. The second kappa shape index (κ2) is 3.02. The SMILES string of the molecule is N#Cc1c(O)ccc2cc(Br)sc12. The number of fused-ring (bicyclic) bond motifs is 1. The van der Waals surface area contributed by atoms with E-state index in [9.17, 15) is 5.11 Å². The van der Waals surface area contributed by atoms with Crippen LogP contribution in [-0.4, -0.2) is 5.11 Å². The molecule has 0 fully saturated rings. The molecule has 0 saturated carbocycles. The summed E-state index contributed by atoms with van der Waals surface area (Å²) in [4.78, 5) is 0. The normalized spacial score (nSPS) is 10.2. The Bertz CT molecular complexity index is 512. The van der Waals surface area contributed by atoms with Gasteiger partial charge in [0.1, 0.15) is 17.4 Å². The molecule has 1 aromatic heterocycles. The quantitative estimate of drug-likeness (QED) is 0.784. The lowest BCUT2D eigenvalue weighted by Crippen LogP contribution is -1.75. The van der Waals surface area contributed by atoms with Crippen LogP contribution in [0.4, 0.5) is 0 Å². The van der Waals surface area contributed by atoms with Crippen molar-refractivity contribution in [2.45, 2.75) is 0 Å². The number of hydrogen-bond acceptors (Lipinski definition) is 3. The summed E-state index contributed by atoms with van der Waals surface area (Å²) in [5.74, 6) is 0.0457. The van der Waals surface area contributed by atoms with Crippen LogP contribution in [-0.2, 0) is 0 Å². The molecule has 0 aliphatic carbocycles. The van der Waals surface area contributed by atoms with Crippen LogP contribution in [0.25, 0.3) is 10.1 Å². The van der Waals surface area contributed by atoms with E-state index in [1.165, 1.54) is 11.3 Å². The first-order chi connectivity index (χ1) is 6.22. The van der Waals surface area contributed by atoms with Crippen LogP contribution in [0, 0.1) is 11.3 Å². The highest BCUT2D eigenvalue weighted by Gasteiger charge is 2.08. The average molecular weight is 254 g/mol. The van der Waals surface area contributed by atoms with Crippen molar-refractivity contribution >= 4 is 37.4 Å². The van der Waals surface area contributed by atoms with E-state index >= 15 is 0 Å². The molecule has 2 nitrogen and oxygen atoms in total. The lowest BCUT2D eigenvalue weighted by atomic mass is 10.1. The third kappa shape index (κ3) is 1.30. The van der Waals surface area contributed by atoms with Gasteiger partial charge in [-0.1, -0.05) is 0 Å². The van der Waals surface area contributed by atoms with Crippen molar-refractivity contribution in [1.29, 1.82) is 5.26 Å². The molecule has 64 valence electrons. The van der Waals surface area contributed by atoms with Gasteiger partial charge in [0, 0.05) is 0 Å². The van der Waals surface area contributed by atoms with E-state index in [4.69, 9.17) is 5.26 Å². The van der Waals surface area contributed by atoms with E-state index in [0.717, 1.165) is 13.9 Å². The zero-order chi connectivity index (χ0) is 9.42. The lowest BCUT2D eigenvalue weighted by molar-refractivity contribution is 0.474. The number of halogens is 1. The Kier molecular flexibility index (Phi) is 1.98. The molecule has 1 N–H and O–H groups in total. The predicted molar refractivity (Wildman–Crippen MR) is 55.9 cm³/mol. The topological polar surface area (TPSA) is 44.0 Å². The highest BCUT2D eigenvalue weighted by Crippen LogP contribution is 2.35. The van der Waals surface area contributed by atoms with Gasteiger partial charge in [0.2, 0.25) is 0 Å². The van der Waals surface area contributed by atoms with Gasteiger partial charge >= 0.3 is 0 Å². The van der Waals surface area contributed by atoms with E-state index in [2.05, 4.69) is 15.9 Å². The third-order valence-electron chi connectivity index (χ3n) is 1.75. The molecule has 2 rings (SSSR count). The van der Waals surface area contributed by atoms with Crippen LogP contribution in [0.1, 0.15) is 5.56 Å². The van der Waals surface area contributed by atoms with Gasteiger partial charge in [-0.05, 0) is 39.5 Å². The van der Waals surface area contributed by atoms with Crippen LogP contribution in [0.15, 0.2) is 22.0 Å². The Labute approximate surface area is 87.2 Å². The third-order valence-corrected chi connectivity index (χ3v) is 3.42. The van der Waals surface area contributed by atoms with Crippen LogP contribution in [0.5, 0.6) is 5.75 Å². The molecule has 0 amide bonds. The van der Waals surface area contributed by atoms with Crippen molar-refractivity contribution in [2.24, 2.45) is 0 Å². The summed E-state index contributed by atoms with van der Waals surface area (Å²) in [6.45, 7) is 0. The predicted octanol–water partition coefficient (Wildman–Crippen LogP) is 3.24. The molecule has 1 heterocycles. The first kappa shape index (κ1) is 8.54. The number of hydrogen-bond donors (Lipinski definition) is 1. The standard InChI is InChI=1S/C9H4BrNOS/c10-8-3-5-1-2-7(12)6(4-11)9(5)13-8/h1-3,12H. The minimum absolute atomic E-state index is 0.0457. The number of thiophene rings is 1. The molecule has 0 aliphatic heterocycles. The highest BCUT2D eigenvalue weighted by atomic mass is 79.9. The summed E-state index contributed by atoms with van der Waals surface area (Å²) in [5.41, 5.74) is 0.355. The Morgan fingerprint density at radius 1 is 1.46 bits per heavy atom. The van der Waals surface area contributed by atoms with Crippen molar-refractivity contribution in [3.63, 3.8) is 0 Å². The minimum Gasteiger partial charge on any atom is -0.507 e. The van der Waals surface area contributed by atoms with Crippen LogP contribution in [0.3, 0.4) is 0 Å². The van der Waals surface area contributed by atoms with Crippen molar-refractivity contribution in [1.82, 2.24) is 0 Å². The molecular weight excluding hydrogens is 250 g/mol. The van der Waals surface area contributed by atoms with Crippen molar-refractivity contribution < 1.29 is 5.11 Å². The summed E-state index contributed by atoms with van der Waals surface area (Å²) in [5, 5.41) is 19.2. The molecule has 0 bridgehead atoms. The Hall–Kier alpha value is -1.05. The highest BCUT2D eigenvalue weighted by molar-refractivity contribution is 9.11. The van der Waals surface area contributed by atoms with Gasteiger partial charge in [0.15, 0.2) is 0 Å². The van der Waals surface area contributed by atoms with Gasteiger partial charge in [-0.3, -0.25) is 0 Å². The number of aromatic hydroxyl groups is 1. The van der Waals surface area contributed by atoms with Crippen LogP contribution >= 0.6 is 27.3 Å². The molecule has 0 atom stereocenters. The molecule has 0 spiro atoms. The summed E-state index contributed by atoms with van der Waals surface area (Å²) < 4.78 is 1.79. The van der Waals surface area contributed by atoms with Crippen LogP contribution in [0.2, 0.25) is 0 Å². The maximum Gasteiger partial charge on any atom is 0.134 e. The van der Waals surface area contributed by atoms with E-state index in [-0.39, 0.29) is 5.75 Å². The van der Waals surface area contributed by atoms with Crippen molar-refractivity contribution in [3.05, 3.63) is 27.5 Å². The van der Waals surface area contributed by atoms with Gasteiger partial charge in [0.05, 0.1) is 8.49 Å². The fourth-order valence-corrected chi connectivity index (χ4v) is 2.78. The number of nitriles is 1. The average Bonchev–Trinajstić information content (AvgIpc) is 2.45. The molecule has 0 radical (unpaired) electrons. The molecule has 0 unspecified atom stereocenters. The summed E-state index contributed by atoms with van der Waals surface area (Å²) in [6.07, 6.45) is 0. The molecular formula is C9H4BrNOS. The lowest BCUT2D eigenvalue weighted by Gasteiger charge is -1.95.